The molecule has 0 radical (unpaired) electrons. The Morgan fingerprint density at radius 2 is 1.97 bits per heavy atom. The van der Waals surface area contributed by atoms with E-state index in [9.17, 15) is 14.7 Å². The van der Waals surface area contributed by atoms with Gasteiger partial charge in [0, 0.05) is 11.8 Å². The van der Waals surface area contributed by atoms with Crippen LogP contribution in [0.4, 0.5) is 10.5 Å². The lowest BCUT2D eigenvalue weighted by atomic mass is 10.1. The van der Waals surface area contributed by atoms with Gasteiger partial charge in [0.05, 0.1) is 11.6 Å². The van der Waals surface area contributed by atoms with Gasteiger partial charge in [-0.25, -0.2) is 14.6 Å². The van der Waals surface area contributed by atoms with E-state index in [1.165, 1.54) is 24.3 Å². The first-order valence-electron chi connectivity index (χ1n) is 9.36. The van der Waals surface area contributed by atoms with Crippen molar-refractivity contribution in [2.24, 2.45) is 5.73 Å². The van der Waals surface area contributed by atoms with Crippen molar-refractivity contribution in [3.8, 4) is 29.5 Å². The topological polar surface area (TPSA) is 189 Å². The standard InChI is InChI=1S/C21H15N7O5/c1-10-24-16-17(25-10)27-21(33-15-7-11(9-22)5-6-14(15)19(29)30)28-18(16)32-13-4-2-3-12(8-13)26-20(23)31/h2-8H,1H3,(H,29,30)(H3,23,26,31)(H,24,25,27,28). The summed E-state index contributed by atoms with van der Waals surface area (Å²) in [6, 6.07) is 11.2. The van der Waals surface area contributed by atoms with Crippen LogP contribution >= 0.6 is 0 Å². The van der Waals surface area contributed by atoms with Crippen LogP contribution in [-0.4, -0.2) is 37.0 Å². The molecule has 0 spiro atoms. The number of amides is 2. The Morgan fingerprint density at radius 1 is 1.15 bits per heavy atom. The van der Waals surface area contributed by atoms with Crippen molar-refractivity contribution in [3.63, 3.8) is 0 Å². The van der Waals surface area contributed by atoms with Gasteiger partial charge in [-0.05, 0) is 37.3 Å². The van der Waals surface area contributed by atoms with Crippen LogP contribution in [0.5, 0.6) is 23.4 Å². The second-order valence-electron chi connectivity index (χ2n) is 6.68. The number of hydrogen-bond donors (Lipinski definition) is 4. The Labute approximate surface area is 185 Å². The molecule has 12 nitrogen and oxygen atoms in total. The summed E-state index contributed by atoms with van der Waals surface area (Å²) in [7, 11) is 0. The third-order valence-electron chi connectivity index (χ3n) is 4.27. The minimum Gasteiger partial charge on any atom is -0.478 e. The monoisotopic (exact) mass is 445 g/mol. The molecule has 4 aromatic rings. The fraction of sp³-hybridized carbons (Fsp3) is 0.0476. The van der Waals surface area contributed by atoms with E-state index in [1.54, 1.807) is 25.1 Å². The van der Waals surface area contributed by atoms with Crippen LogP contribution in [0.1, 0.15) is 21.7 Å². The molecule has 0 fully saturated rings. The number of aromatic nitrogens is 4. The van der Waals surface area contributed by atoms with Crippen LogP contribution in [0.3, 0.4) is 0 Å². The molecular formula is C21H15N7O5. The highest BCUT2D eigenvalue weighted by molar-refractivity contribution is 5.91. The van der Waals surface area contributed by atoms with Crippen molar-refractivity contribution < 1.29 is 24.2 Å². The van der Waals surface area contributed by atoms with E-state index in [0.29, 0.717) is 22.8 Å². The van der Waals surface area contributed by atoms with Gasteiger partial charge in [0.1, 0.15) is 28.4 Å². The Kier molecular flexibility index (Phi) is 5.44. The molecule has 0 saturated carbocycles. The quantitative estimate of drug-likeness (QED) is 0.345. The molecule has 33 heavy (non-hydrogen) atoms. The third-order valence-corrected chi connectivity index (χ3v) is 4.27. The second-order valence-corrected chi connectivity index (χ2v) is 6.68. The molecule has 2 heterocycles. The molecule has 12 heteroatoms. The van der Waals surface area contributed by atoms with Crippen LogP contribution in [0.15, 0.2) is 42.5 Å². The summed E-state index contributed by atoms with van der Waals surface area (Å²) in [6.07, 6.45) is 0. The minimum atomic E-state index is -1.25. The van der Waals surface area contributed by atoms with Gasteiger partial charge in [0.2, 0.25) is 0 Å². The first-order valence-corrected chi connectivity index (χ1v) is 9.36. The third kappa shape index (κ3) is 4.62. The number of aromatic amines is 1. The molecule has 0 bridgehead atoms. The predicted octanol–water partition coefficient (Wildman–Crippen LogP) is 3.31. The number of carboxylic acid groups (broad SMARTS) is 1. The highest BCUT2D eigenvalue weighted by Gasteiger charge is 2.18. The SMILES string of the molecule is Cc1nc2nc(Oc3cc(C#N)ccc3C(=O)O)nc(Oc3cccc(NC(N)=O)c3)c2[nH]1. The number of nitriles is 1. The number of carbonyl (C=O) groups excluding carboxylic acids is 1. The van der Waals surface area contributed by atoms with Gasteiger partial charge in [-0.3, -0.25) is 0 Å². The highest BCUT2D eigenvalue weighted by Crippen LogP contribution is 2.32. The summed E-state index contributed by atoms with van der Waals surface area (Å²) in [4.78, 5) is 38.4. The fourth-order valence-corrected chi connectivity index (χ4v) is 2.93. The number of urea groups is 1. The Bertz CT molecular complexity index is 1440. The second kappa shape index (κ2) is 8.52. The Morgan fingerprint density at radius 3 is 2.70 bits per heavy atom. The van der Waals surface area contributed by atoms with E-state index < -0.39 is 12.0 Å². The van der Waals surface area contributed by atoms with Gasteiger partial charge in [-0.15, -0.1) is 0 Å². The number of nitrogens with zero attached hydrogens (tertiary/aromatic N) is 4. The Hall–Kier alpha value is -5.18. The first kappa shape index (κ1) is 21.1. The molecule has 0 unspecified atom stereocenters. The van der Waals surface area contributed by atoms with Crippen molar-refractivity contribution in [2.75, 3.05) is 5.32 Å². The van der Waals surface area contributed by atoms with Crippen molar-refractivity contribution in [3.05, 3.63) is 59.4 Å². The number of rotatable bonds is 6. The smallest absolute Gasteiger partial charge is 0.339 e. The number of H-pyrrole nitrogens is 1. The van der Waals surface area contributed by atoms with E-state index in [-0.39, 0.29) is 34.4 Å². The van der Waals surface area contributed by atoms with Gasteiger partial charge in [0.15, 0.2) is 5.65 Å². The maximum Gasteiger partial charge on any atom is 0.339 e. The van der Waals surface area contributed by atoms with Gasteiger partial charge >= 0.3 is 18.0 Å². The van der Waals surface area contributed by atoms with Crippen LogP contribution < -0.4 is 20.5 Å². The summed E-state index contributed by atoms with van der Waals surface area (Å²) >= 11 is 0. The van der Waals surface area contributed by atoms with E-state index in [1.807, 2.05) is 6.07 Å². The van der Waals surface area contributed by atoms with Gasteiger partial charge in [-0.2, -0.15) is 15.2 Å². The maximum atomic E-state index is 11.6. The molecule has 5 N–H and O–H groups in total. The summed E-state index contributed by atoms with van der Waals surface area (Å²) in [5.41, 5.74) is 6.16. The minimum absolute atomic E-state index is 0.0418. The number of hydrogen-bond acceptors (Lipinski definition) is 8. The number of anilines is 1. The molecule has 0 aliphatic carbocycles. The van der Waals surface area contributed by atoms with Crippen LogP contribution in [0, 0.1) is 18.3 Å². The predicted molar refractivity (Wildman–Crippen MR) is 114 cm³/mol. The van der Waals surface area contributed by atoms with Gasteiger partial charge in [0.25, 0.3) is 5.88 Å². The maximum absolute atomic E-state index is 11.6. The van der Waals surface area contributed by atoms with Crippen molar-refractivity contribution in [1.29, 1.82) is 5.26 Å². The van der Waals surface area contributed by atoms with Crippen LogP contribution in [-0.2, 0) is 0 Å². The van der Waals surface area contributed by atoms with E-state index in [2.05, 4.69) is 25.3 Å². The zero-order valence-corrected chi connectivity index (χ0v) is 17.0. The van der Waals surface area contributed by atoms with Crippen molar-refractivity contribution >= 4 is 28.9 Å². The average molecular weight is 445 g/mol. The number of benzene rings is 2. The summed E-state index contributed by atoms with van der Waals surface area (Å²) in [5, 5.41) is 21.0. The van der Waals surface area contributed by atoms with Crippen molar-refractivity contribution in [1.82, 2.24) is 19.9 Å². The van der Waals surface area contributed by atoms with Crippen molar-refractivity contribution in [2.45, 2.75) is 6.92 Å². The molecule has 164 valence electrons. The molecule has 0 saturated heterocycles. The fourth-order valence-electron chi connectivity index (χ4n) is 2.93. The number of ether oxygens (including phenoxy) is 2. The number of aromatic carboxylic acids is 1. The number of fused-ring (bicyclic) bond motifs is 1. The first-order chi connectivity index (χ1) is 15.8. The number of carboxylic acids is 1. The van der Waals surface area contributed by atoms with Crippen LogP contribution in [0.2, 0.25) is 0 Å². The summed E-state index contributed by atoms with van der Waals surface area (Å²) in [5.74, 6) is -0.478. The highest BCUT2D eigenvalue weighted by atomic mass is 16.5. The average Bonchev–Trinajstić information content (AvgIpc) is 3.13. The molecule has 2 aromatic carbocycles. The molecule has 0 aliphatic rings. The van der Waals surface area contributed by atoms with Crippen LogP contribution in [0.25, 0.3) is 11.2 Å². The summed E-state index contributed by atoms with van der Waals surface area (Å²) < 4.78 is 11.5. The zero-order valence-electron chi connectivity index (χ0n) is 17.0. The molecule has 0 atom stereocenters. The summed E-state index contributed by atoms with van der Waals surface area (Å²) in [6.45, 7) is 1.71. The van der Waals surface area contributed by atoms with E-state index >= 15 is 0 Å². The molecular weight excluding hydrogens is 430 g/mol. The molecule has 2 aromatic heterocycles. The van der Waals surface area contributed by atoms with Gasteiger partial charge in [-0.1, -0.05) is 6.07 Å². The Balaban J connectivity index is 1.75. The zero-order chi connectivity index (χ0) is 23.5. The lowest BCUT2D eigenvalue weighted by molar-refractivity contribution is 0.0694. The molecule has 2 amide bonds. The number of nitrogens with one attached hydrogen (secondary N) is 2. The van der Waals surface area contributed by atoms with Gasteiger partial charge < -0.3 is 30.6 Å². The van der Waals surface area contributed by atoms with E-state index in [0.717, 1.165) is 0 Å². The molecule has 4 rings (SSSR count). The number of primary amides is 1. The number of aryl methyl sites for hydroxylation is 1. The number of nitrogens with two attached hydrogens (primary N) is 1. The lowest BCUT2D eigenvalue weighted by Gasteiger charge is -2.10. The number of imidazole rings is 1. The van der Waals surface area contributed by atoms with E-state index in [4.69, 9.17) is 20.5 Å². The lowest BCUT2D eigenvalue weighted by Crippen LogP contribution is -2.19. The number of carbonyl (C=O) groups is 2. The normalized spacial score (nSPS) is 10.4. The largest absolute Gasteiger partial charge is 0.478 e. The molecule has 0 aliphatic heterocycles.